The molecule has 2 aromatic carbocycles. The highest BCUT2D eigenvalue weighted by atomic mass is 35.5. The topological polar surface area (TPSA) is 92.8 Å². The Balaban J connectivity index is 2.28. The summed E-state index contributed by atoms with van der Waals surface area (Å²) in [6.07, 6.45) is 1.44. The Kier molecular flexibility index (Phi) is 9.12. The van der Waals surface area contributed by atoms with Crippen molar-refractivity contribution in [1.29, 1.82) is 0 Å². The number of rotatable bonds is 10. The molecule has 0 heterocycles. The van der Waals surface area contributed by atoms with Crippen molar-refractivity contribution in [3.8, 4) is 0 Å². The third-order valence-electron chi connectivity index (χ3n) is 4.20. The number of carbonyl (C=O) groups is 2. The van der Waals surface area contributed by atoms with Gasteiger partial charge in [0.1, 0.15) is 0 Å². The highest BCUT2D eigenvalue weighted by molar-refractivity contribution is 7.92. The predicted molar refractivity (Wildman–Crippen MR) is 126 cm³/mol. The molecule has 172 valence electrons. The van der Waals surface area contributed by atoms with E-state index in [0.29, 0.717) is 17.3 Å². The second-order valence-electron chi connectivity index (χ2n) is 7.22. The van der Waals surface area contributed by atoms with Crippen LogP contribution in [0, 0.1) is 5.92 Å². The molecule has 2 rings (SSSR count). The lowest BCUT2D eigenvalue weighted by Gasteiger charge is -2.23. The molecule has 0 aliphatic heterocycles. The number of amides is 1. The summed E-state index contributed by atoms with van der Waals surface area (Å²) in [5.41, 5.74) is 0.203. The van der Waals surface area contributed by atoms with Crippen molar-refractivity contribution in [2.45, 2.75) is 18.7 Å². The van der Waals surface area contributed by atoms with Crippen molar-refractivity contribution in [2.75, 3.05) is 24.0 Å². The molecule has 0 bridgehead atoms. The van der Waals surface area contributed by atoms with E-state index in [-0.39, 0.29) is 27.9 Å². The molecule has 7 nitrogen and oxygen atoms in total. The van der Waals surface area contributed by atoms with Crippen molar-refractivity contribution in [1.82, 2.24) is 5.32 Å². The maximum Gasteiger partial charge on any atom is 0.340 e. The van der Waals surface area contributed by atoms with Crippen LogP contribution in [0.5, 0.6) is 0 Å². The molecule has 0 aliphatic rings. The molecule has 10 heteroatoms. The van der Waals surface area contributed by atoms with Crippen LogP contribution in [0.3, 0.4) is 0 Å². The zero-order valence-corrected chi connectivity index (χ0v) is 20.0. The van der Waals surface area contributed by atoms with Crippen LogP contribution in [0.2, 0.25) is 10.0 Å². The van der Waals surface area contributed by atoms with Gasteiger partial charge in [-0.05, 0) is 48.4 Å². The smallest absolute Gasteiger partial charge is 0.340 e. The molecular weight excluding hydrogens is 475 g/mol. The number of ether oxygens (including phenoxy) is 1. The van der Waals surface area contributed by atoms with Crippen LogP contribution in [-0.4, -0.2) is 40.0 Å². The first-order valence-corrected chi connectivity index (χ1v) is 11.9. The molecule has 0 saturated heterocycles. The first kappa shape index (κ1) is 25.7. The molecule has 0 saturated carbocycles. The minimum Gasteiger partial charge on any atom is -0.452 e. The van der Waals surface area contributed by atoms with Gasteiger partial charge in [0.25, 0.3) is 15.9 Å². The fourth-order valence-corrected chi connectivity index (χ4v) is 4.38. The fraction of sp³-hybridized carbons (Fsp3) is 0.273. The molecular formula is C22H24Cl2N2O5S. The van der Waals surface area contributed by atoms with Crippen molar-refractivity contribution in [3.63, 3.8) is 0 Å². The van der Waals surface area contributed by atoms with Gasteiger partial charge in [-0.15, -0.1) is 6.58 Å². The normalized spacial score (nSPS) is 11.2. The first-order chi connectivity index (χ1) is 15.1. The van der Waals surface area contributed by atoms with E-state index in [1.165, 1.54) is 18.2 Å². The van der Waals surface area contributed by atoms with E-state index in [2.05, 4.69) is 11.9 Å². The summed E-state index contributed by atoms with van der Waals surface area (Å²) in [6.45, 7) is 7.39. The van der Waals surface area contributed by atoms with E-state index in [9.17, 15) is 18.0 Å². The number of esters is 1. The summed E-state index contributed by atoms with van der Waals surface area (Å²) in [7, 11) is -4.08. The second-order valence-corrected chi connectivity index (χ2v) is 9.92. The number of carbonyl (C=O) groups excluding carboxylic acids is 2. The van der Waals surface area contributed by atoms with Crippen LogP contribution in [0.15, 0.2) is 60.0 Å². The summed E-state index contributed by atoms with van der Waals surface area (Å²) in [6, 6.07) is 9.95. The second kappa shape index (κ2) is 11.4. The fourth-order valence-electron chi connectivity index (χ4n) is 2.59. The Hall–Kier alpha value is -2.55. The van der Waals surface area contributed by atoms with Gasteiger partial charge in [-0.1, -0.05) is 43.1 Å². The Morgan fingerprint density at radius 2 is 1.81 bits per heavy atom. The van der Waals surface area contributed by atoms with Crippen LogP contribution in [0.4, 0.5) is 5.69 Å². The Bertz CT molecular complexity index is 1090. The van der Waals surface area contributed by atoms with Crippen LogP contribution in [-0.2, 0) is 19.6 Å². The first-order valence-electron chi connectivity index (χ1n) is 9.68. The quantitative estimate of drug-likeness (QED) is 0.389. The van der Waals surface area contributed by atoms with Gasteiger partial charge in [0.15, 0.2) is 6.61 Å². The lowest BCUT2D eigenvalue weighted by Crippen LogP contribution is -2.32. The van der Waals surface area contributed by atoms with Crippen molar-refractivity contribution in [3.05, 3.63) is 70.7 Å². The zero-order valence-electron chi connectivity index (χ0n) is 17.7. The van der Waals surface area contributed by atoms with Gasteiger partial charge in [-0.3, -0.25) is 9.10 Å². The van der Waals surface area contributed by atoms with Gasteiger partial charge in [0, 0.05) is 11.6 Å². The van der Waals surface area contributed by atoms with Crippen LogP contribution in [0.25, 0.3) is 0 Å². The molecule has 1 N–H and O–H groups in total. The van der Waals surface area contributed by atoms with Gasteiger partial charge in [-0.2, -0.15) is 0 Å². The molecule has 0 atom stereocenters. The van der Waals surface area contributed by atoms with Gasteiger partial charge in [-0.25, -0.2) is 13.2 Å². The maximum atomic E-state index is 13.3. The van der Waals surface area contributed by atoms with E-state index in [1.54, 1.807) is 24.3 Å². The van der Waals surface area contributed by atoms with Crippen LogP contribution < -0.4 is 9.62 Å². The summed E-state index contributed by atoms with van der Waals surface area (Å²) < 4.78 is 32.7. The zero-order chi connectivity index (χ0) is 23.9. The largest absolute Gasteiger partial charge is 0.452 e. The summed E-state index contributed by atoms with van der Waals surface area (Å²) >= 11 is 12.0. The molecule has 0 radical (unpaired) electrons. The Labute approximate surface area is 198 Å². The number of nitrogens with zero attached hydrogens (tertiary/aromatic N) is 1. The number of nitrogens with one attached hydrogen (secondary N) is 1. The van der Waals surface area contributed by atoms with Crippen LogP contribution >= 0.6 is 23.2 Å². The van der Waals surface area contributed by atoms with Crippen molar-refractivity contribution < 1.29 is 22.7 Å². The van der Waals surface area contributed by atoms with Crippen molar-refractivity contribution >= 4 is 50.8 Å². The number of sulfonamides is 1. The molecule has 32 heavy (non-hydrogen) atoms. The summed E-state index contributed by atoms with van der Waals surface area (Å²) in [5, 5.41) is 3.08. The van der Waals surface area contributed by atoms with Crippen molar-refractivity contribution in [2.24, 2.45) is 5.92 Å². The standard InChI is InChI=1S/C22H24Cl2N2O5S/c1-4-11-26(17-7-5-16(23)6-8-17)32(29,30)18-9-10-20(24)19(12-18)22(28)31-14-21(27)25-13-15(2)3/h4-10,12,15H,1,11,13-14H2,2-3H3,(H,25,27). The molecule has 1 amide bonds. The third kappa shape index (κ3) is 6.72. The summed E-state index contributed by atoms with van der Waals surface area (Å²) in [4.78, 5) is 24.1. The number of hydrogen-bond donors (Lipinski definition) is 1. The number of halogens is 2. The molecule has 2 aromatic rings. The molecule has 0 unspecified atom stereocenters. The van der Waals surface area contributed by atoms with Gasteiger partial charge in [0.05, 0.1) is 27.7 Å². The van der Waals surface area contributed by atoms with E-state index in [0.717, 1.165) is 10.4 Å². The predicted octanol–water partition coefficient (Wildman–Crippen LogP) is 4.30. The van der Waals surface area contributed by atoms with E-state index in [4.69, 9.17) is 27.9 Å². The number of hydrogen-bond acceptors (Lipinski definition) is 5. The van der Waals surface area contributed by atoms with Gasteiger partial charge < -0.3 is 10.1 Å². The highest BCUT2D eigenvalue weighted by Crippen LogP contribution is 2.28. The highest BCUT2D eigenvalue weighted by Gasteiger charge is 2.26. The van der Waals surface area contributed by atoms with E-state index >= 15 is 0 Å². The minimum absolute atomic E-state index is 0.00157. The maximum absolute atomic E-state index is 13.3. The SMILES string of the molecule is C=CCN(c1ccc(Cl)cc1)S(=O)(=O)c1ccc(Cl)c(C(=O)OCC(=O)NCC(C)C)c1. The average Bonchev–Trinajstić information content (AvgIpc) is 2.75. The van der Waals surface area contributed by atoms with E-state index < -0.39 is 28.5 Å². The lowest BCUT2D eigenvalue weighted by atomic mass is 10.2. The Morgan fingerprint density at radius 1 is 1.16 bits per heavy atom. The Morgan fingerprint density at radius 3 is 2.41 bits per heavy atom. The molecule has 0 spiro atoms. The van der Waals surface area contributed by atoms with Gasteiger partial charge >= 0.3 is 5.97 Å². The van der Waals surface area contributed by atoms with Gasteiger partial charge in [0.2, 0.25) is 0 Å². The average molecular weight is 499 g/mol. The van der Waals surface area contributed by atoms with Crippen LogP contribution in [0.1, 0.15) is 24.2 Å². The monoisotopic (exact) mass is 498 g/mol. The number of benzene rings is 2. The number of anilines is 1. The third-order valence-corrected chi connectivity index (χ3v) is 6.57. The summed E-state index contributed by atoms with van der Waals surface area (Å²) in [5.74, 6) is -1.13. The minimum atomic E-state index is -4.08. The molecule has 0 aliphatic carbocycles. The van der Waals surface area contributed by atoms with E-state index in [1.807, 2.05) is 13.8 Å². The lowest BCUT2D eigenvalue weighted by molar-refractivity contribution is -0.124. The molecule has 0 fully saturated rings. The molecule has 0 aromatic heterocycles.